The van der Waals surface area contributed by atoms with Gasteiger partial charge in [0.1, 0.15) is 5.75 Å². The molecular weight excluding hydrogens is 284 g/mol. The molecule has 0 heterocycles. The lowest BCUT2D eigenvalue weighted by atomic mass is 10.3. The molecule has 96 valence electrons. The number of non-ortho nitro benzene ring substituents is 1. The van der Waals surface area contributed by atoms with E-state index in [1.54, 1.807) is 0 Å². The summed E-state index contributed by atoms with van der Waals surface area (Å²) in [7, 11) is 1.80. The van der Waals surface area contributed by atoms with E-state index in [0.29, 0.717) is 0 Å². The molecule has 0 bridgehead atoms. The Kier molecular flexibility index (Phi) is 4.92. The second kappa shape index (κ2) is 6.21. The van der Waals surface area contributed by atoms with Crippen molar-refractivity contribution in [1.29, 1.82) is 0 Å². The maximum Gasteiger partial charge on any atom is 0.314 e. The van der Waals surface area contributed by atoms with Crippen molar-refractivity contribution in [3.63, 3.8) is 0 Å². The second-order valence-corrected chi connectivity index (χ2v) is 5.24. The van der Waals surface area contributed by atoms with Crippen LogP contribution in [-0.2, 0) is 4.79 Å². The van der Waals surface area contributed by atoms with E-state index in [9.17, 15) is 25.0 Å². The fourth-order valence-electron chi connectivity index (χ4n) is 0.976. The number of nitro benzene ring substituents is 2. The van der Waals surface area contributed by atoms with Crippen LogP contribution in [-0.4, -0.2) is 26.7 Å². The average Bonchev–Trinajstić information content (AvgIpc) is 2.28. The van der Waals surface area contributed by atoms with Gasteiger partial charge in [-0.2, -0.15) is 0 Å². The third kappa shape index (κ3) is 3.89. The number of nitrogens with zero attached hydrogens (tertiary/aromatic N) is 2. The molecule has 0 spiro atoms. The highest BCUT2D eigenvalue weighted by atomic mass is 33.1. The van der Waals surface area contributed by atoms with Crippen molar-refractivity contribution in [3.8, 4) is 0 Å². The predicted octanol–water partition coefficient (Wildman–Crippen LogP) is 2.33. The summed E-state index contributed by atoms with van der Waals surface area (Å²) < 4.78 is 0. The number of hydrogen-bond acceptors (Lipinski definition) is 7. The molecule has 1 aromatic carbocycles. The van der Waals surface area contributed by atoms with Gasteiger partial charge >= 0.3 is 5.97 Å². The third-order valence-corrected chi connectivity index (χ3v) is 3.93. The summed E-state index contributed by atoms with van der Waals surface area (Å²) in [6.07, 6.45) is 0. The van der Waals surface area contributed by atoms with Gasteiger partial charge in [-0.3, -0.25) is 25.0 Å². The maximum atomic E-state index is 10.7. The lowest BCUT2D eigenvalue weighted by Crippen LogP contribution is -1.97. The highest BCUT2D eigenvalue weighted by Gasteiger charge is 2.20. The van der Waals surface area contributed by atoms with E-state index in [1.165, 1.54) is 6.07 Å². The lowest BCUT2D eigenvalue weighted by molar-refractivity contribution is -0.396. The molecule has 8 nitrogen and oxygen atoms in total. The standard InChI is InChI=1S/C8H6N2O6S2/c11-8(12)4-17-18-7-2-1-5(9(13)14)3-6(7)10(15)16/h1-3H,4H2,(H,11,12). The molecule has 18 heavy (non-hydrogen) atoms. The van der Waals surface area contributed by atoms with E-state index >= 15 is 0 Å². The zero-order chi connectivity index (χ0) is 13.7. The first-order chi connectivity index (χ1) is 8.41. The minimum Gasteiger partial charge on any atom is -0.481 e. The number of carboxylic acid groups (broad SMARTS) is 1. The minimum atomic E-state index is -1.04. The molecule has 0 aliphatic carbocycles. The van der Waals surface area contributed by atoms with Crippen LogP contribution in [0.15, 0.2) is 23.1 Å². The summed E-state index contributed by atoms with van der Waals surface area (Å²) in [5.41, 5.74) is -0.790. The van der Waals surface area contributed by atoms with E-state index in [1.807, 2.05) is 0 Å². The van der Waals surface area contributed by atoms with E-state index in [4.69, 9.17) is 5.11 Å². The van der Waals surface area contributed by atoms with Gasteiger partial charge in [0, 0.05) is 6.07 Å². The molecule has 0 aliphatic rings. The zero-order valence-corrected chi connectivity index (χ0v) is 10.3. The van der Waals surface area contributed by atoms with Gasteiger partial charge < -0.3 is 5.11 Å². The Labute approximate surface area is 108 Å². The molecule has 1 rings (SSSR count). The topological polar surface area (TPSA) is 124 Å². The molecule has 0 aromatic heterocycles. The Balaban J connectivity index is 2.93. The van der Waals surface area contributed by atoms with Crippen molar-refractivity contribution in [2.24, 2.45) is 0 Å². The first-order valence-corrected chi connectivity index (χ1v) is 6.68. The summed E-state index contributed by atoms with van der Waals surface area (Å²) in [6, 6.07) is 3.22. The van der Waals surface area contributed by atoms with Crippen molar-refractivity contribution in [2.45, 2.75) is 4.90 Å². The quantitative estimate of drug-likeness (QED) is 0.481. The van der Waals surface area contributed by atoms with Crippen LogP contribution in [0.5, 0.6) is 0 Å². The van der Waals surface area contributed by atoms with Crippen molar-refractivity contribution in [3.05, 3.63) is 38.4 Å². The fourth-order valence-corrected chi connectivity index (χ4v) is 2.89. The Hall–Kier alpha value is -1.81. The molecule has 0 saturated heterocycles. The molecule has 0 amide bonds. The minimum absolute atomic E-state index is 0.178. The Bertz CT molecular complexity index is 506. The molecule has 0 radical (unpaired) electrons. The van der Waals surface area contributed by atoms with Gasteiger partial charge in [-0.05, 0) is 16.9 Å². The van der Waals surface area contributed by atoms with Crippen molar-refractivity contribution in [2.75, 3.05) is 5.75 Å². The number of nitro groups is 2. The average molecular weight is 290 g/mol. The van der Waals surface area contributed by atoms with Gasteiger partial charge in [-0.15, -0.1) is 0 Å². The number of aliphatic carboxylic acids is 1. The van der Waals surface area contributed by atoms with Crippen LogP contribution in [0.2, 0.25) is 0 Å². The zero-order valence-electron chi connectivity index (χ0n) is 8.64. The molecule has 0 saturated carbocycles. The second-order valence-electron chi connectivity index (χ2n) is 2.91. The van der Waals surface area contributed by atoms with Crippen LogP contribution in [0.25, 0.3) is 0 Å². The molecule has 0 aliphatic heterocycles. The van der Waals surface area contributed by atoms with E-state index in [2.05, 4.69) is 0 Å². The number of benzene rings is 1. The van der Waals surface area contributed by atoms with Gasteiger partial charge in [0.15, 0.2) is 0 Å². The van der Waals surface area contributed by atoms with Crippen molar-refractivity contribution < 1.29 is 19.7 Å². The molecule has 0 atom stereocenters. The van der Waals surface area contributed by atoms with Gasteiger partial charge in [0.05, 0.1) is 20.8 Å². The first kappa shape index (κ1) is 14.3. The number of carbonyl (C=O) groups is 1. The maximum absolute atomic E-state index is 10.7. The smallest absolute Gasteiger partial charge is 0.314 e. The van der Waals surface area contributed by atoms with E-state index in [-0.39, 0.29) is 16.3 Å². The van der Waals surface area contributed by atoms with Crippen LogP contribution in [0.1, 0.15) is 0 Å². The largest absolute Gasteiger partial charge is 0.481 e. The van der Waals surface area contributed by atoms with Crippen molar-refractivity contribution >= 4 is 38.9 Å². The van der Waals surface area contributed by atoms with Gasteiger partial charge in [0.25, 0.3) is 11.4 Å². The Morgan fingerprint density at radius 1 is 1.28 bits per heavy atom. The van der Waals surface area contributed by atoms with Gasteiger partial charge in [-0.25, -0.2) is 0 Å². The SMILES string of the molecule is O=C(O)CSSc1ccc([N+](=O)[O-])cc1[N+](=O)[O-]. The monoisotopic (exact) mass is 290 g/mol. The van der Waals surface area contributed by atoms with Crippen LogP contribution >= 0.6 is 21.6 Å². The van der Waals surface area contributed by atoms with E-state index in [0.717, 1.165) is 33.7 Å². The molecule has 0 unspecified atom stereocenters. The Morgan fingerprint density at radius 2 is 1.94 bits per heavy atom. The predicted molar refractivity (Wildman–Crippen MR) is 65.7 cm³/mol. The normalized spacial score (nSPS) is 10.0. The summed E-state index contributed by atoms with van der Waals surface area (Å²) in [4.78, 5) is 30.2. The molecule has 1 aromatic rings. The third-order valence-electron chi connectivity index (χ3n) is 1.68. The molecule has 1 N–H and O–H groups in total. The summed E-state index contributed by atoms with van der Waals surface area (Å²) >= 11 is 0. The molecular formula is C8H6N2O6S2. The first-order valence-electron chi connectivity index (χ1n) is 4.36. The summed E-state index contributed by atoms with van der Waals surface area (Å²) in [6.45, 7) is 0. The van der Waals surface area contributed by atoms with Gasteiger partial charge in [-0.1, -0.05) is 10.8 Å². The number of rotatable bonds is 6. The summed E-state index contributed by atoms with van der Waals surface area (Å²) in [5.74, 6) is -1.27. The van der Waals surface area contributed by atoms with Crippen LogP contribution < -0.4 is 0 Å². The Morgan fingerprint density at radius 3 is 2.44 bits per heavy atom. The van der Waals surface area contributed by atoms with Gasteiger partial charge in [0.2, 0.25) is 0 Å². The number of hydrogen-bond donors (Lipinski definition) is 1. The fraction of sp³-hybridized carbons (Fsp3) is 0.125. The lowest BCUT2D eigenvalue weighted by Gasteiger charge is -2.00. The highest BCUT2D eigenvalue weighted by Crippen LogP contribution is 2.38. The van der Waals surface area contributed by atoms with Crippen LogP contribution in [0, 0.1) is 20.2 Å². The number of carboxylic acids is 1. The van der Waals surface area contributed by atoms with Crippen molar-refractivity contribution in [1.82, 2.24) is 0 Å². The molecule has 0 fully saturated rings. The molecule has 10 heteroatoms. The van der Waals surface area contributed by atoms with Crippen LogP contribution in [0.3, 0.4) is 0 Å². The highest BCUT2D eigenvalue weighted by molar-refractivity contribution is 8.76. The van der Waals surface area contributed by atoms with Crippen LogP contribution in [0.4, 0.5) is 11.4 Å². The van der Waals surface area contributed by atoms with E-state index < -0.39 is 21.5 Å². The summed E-state index contributed by atoms with van der Waals surface area (Å²) in [5, 5.41) is 29.7.